The number of hydrogen-bond acceptors (Lipinski definition) is 3. The molecule has 78 valence electrons. The second-order valence-electron chi connectivity index (χ2n) is 3.36. The number of hydrogen-bond donors (Lipinski definition) is 0. The molecule has 0 aliphatic carbocycles. The molecular weight excluding hydrogens is 212 g/mol. The highest BCUT2D eigenvalue weighted by Crippen LogP contribution is 2.29. The zero-order chi connectivity index (χ0) is 11.0. The molecule has 1 aromatic heterocycles. The third kappa shape index (κ3) is 1.75. The first-order valence-corrected chi connectivity index (χ1v) is 4.98. The Morgan fingerprint density at radius 2 is 1.93 bits per heavy atom. The fraction of sp³-hybridized carbons (Fsp3) is 0.273. The van der Waals surface area contributed by atoms with Gasteiger partial charge in [0, 0.05) is 17.1 Å². The van der Waals surface area contributed by atoms with Gasteiger partial charge in [-0.05, 0) is 19.9 Å². The molecule has 1 heterocycles. The van der Waals surface area contributed by atoms with Crippen LogP contribution in [0.3, 0.4) is 0 Å². The van der Waals surface area contributed by atoms with Gasteiger partial charge in [-0.2, -0.15) is 0 Å². The Kier molecular flexibility index (Phi) is 2.49. The molecule has 0 aliphatic heterocycles. The molecular formula is C11H11ClN2O. The van der Waals surface area contributed by atoms with Crippen LogP contribution in [0.15, 0.2) is 12.1 Å². The molecule has 0 bridgehead atoms. The van der Waals surface area contributed by atoms with E-state index in [9.17, 15) is 0 Å². The fourth-order valence-corrected chi connectivity index (χ4v) is 1.82. The Morgan fingerprint density at radius 3 is 2.60 bits per heavy atom. The van der Waals surface area contributed by atoms with Crippen LogP contribution in [0.25, 0.3) is 10.9 Å². The number of fused-ring (bicyclic) bond motifs is 1. The van der Waals surface area contributed by atoms with Crippen molar-refractivity contribution in [2.45, 2.75) is 13.8 Å². The van der Waals surface area contributed by atoms with Crippen molar-refractivity contribution in [3.8, 4) is 5.75 Å². The number of ether oxygens (including phenoxy) is 1. The minimum absolute atomic E-state index is 0.584. The van der Waals surface area contributed by atoms with Gasteiger partial charge in [-0.3, -0.25) is 0 Å². The quantitative estimate of drug-likeness (QED) is 0.744. The van der Waals surface area contributed by atoms with E-state index in [-0.39, 0.29) is 0 Å². The number of rotatable bonds is 1. The first-order valence-electron chi connectivity index (χ1n) is 4.60. The van der Waals surface area contributed by atoms with Crippen molar-refractivity contribution in [3.05, 3.63) is 28.7 Å². The van der Waals surface area contributed by atoms with E-state index in [1.54, 1.807) is 7.11 Å². The molecule has 15 heavy (non-hydrogen) atoms. The van der Waals surface area contributed by atoms with E-state index in [4.69, 9.17) is 16.3 Å². The third-order valence-corrected chi connectivity index (χ3v) is 2.57. The first kappa shape index (κ1) is 10.2. The maximum Gasteiger partial charge on any atom is 0.139 e. The Morgan fingerprint density at radius 1 is 1.20 bits per heavy atom. The highest BCUT2D eigenvalue weighted by atomic mass is 35.5. The van der Waals surface area contributed by atoms with Gasteiger partial charge in [0.05, 0.1) is 17.6 Å². The summed E-state index contributed by atoms with van der Waals surface area (Å²) in [6, 6.07) is 3.67. The van der Waals surface area contributed by atoms with E-state index in [0.29, 0.717) is 10.8 Å². The highest BCUT2D eigenvalue weighted by molar-refractivity contribution is 6.32. The molecule has 0 aliphatic rings. The van der Waals surface area contributed by atoms with Crippen molar-refractivity contribution in [2.24, 2.45) is 0 Å². The van der Waals surface area contributed by atoms with Crippen molar-refractivity contribution in [3.63, 3.8) is 0 Å². The lowest BCUT2D eigenvalue weighted by atomic mass is 10.2. The molecule has 0 N–H and O–H groups in total. The summed E-state index contributed by atoms with van der Waals surface area (Å²) >= 11 is 6.03. The number of methoxy groups -OCH3 is 1. The van der Waals surface area contributed by atoms with E-state index in [0.717, 1.165) is 22.4 Å². The van der Waals surface area contributed by atoms with Gasteiger partial charge in [0.1, 0.15) is 11.6 Å². The summed E-state index contributed by atoms with van der Waals surface area (Å²) in [6.07, 6.45) is 0. The predicted molar refractivity (Wildman–Crippen MR) is 60.6 cm³/mol. The number of aromatic nitrogens is 2. The van der Waals surface area contributed by atoms with Crippen LogP contribution >= 0.6 is 11.6 Å². The minimum Gasteiger partial charge on any atom is -0.495 e. The van der Waals surface area contributed by atoms with Gasteiger partial charge in [-0.15, -0.1) is 0 Å². The van der Waals surface area contributed by atoms with Gasteiger partial charge < -0.3 is 4.74 Å². The van der Waals surface area contributed by atoms with Crippen LogP contribution in [0.5, 0.6) is 5.75 Å². The van der Waals surface area contributed by atoms with Crippen LogP contribution in [0.1, 0.15) is 11.5 Å². The normalized spacial score (nSPS) is 10.7. The van der Waals surface area contributed by atoms with Crippen LogP contribution in [0, 0.1) is 13.8 Å². The standard InChI is InChI=1S/C11H11ClN2O/c1-6-8-4-9(12)11(15-3)5-10(8)14-7(2)13-6/h4-5H,1-3H3. The number of halogens is 1. The summed E-state index contributed by atoms with van der Waals surface area (Å²) in [5.74, 6) is 1.39. The largest absolute Gasteiger partial charge is 0.495 e. The molecule has 3 nitrogen and oxygen atoms in total. The van der Waals surface area contributed by atoms with Crippen LogP contribution in [-0.4, -0.2) is 17.1 Å². The molecule has 0 radical (unpaired) electrons. The lowest BCUT2D eigenvalue weighted by Crippen LogP contribution is -1.94. The number of benzene rings is 1. The van der Waals surface area contributed by atoms with E-state index in [1.165, 1.54) is 0 Å². The molecule has 0 fully saturated rings. The summed E-state index contributed by atoms with van der Waals surface area (Å²) in [6.45, 7) is 3.81. The minimum atomic E-state index is 0.584. The van der Waals surface area contributed by atoms with Crippen molar-refractivity contribution >= 4 is 22.5 Å². The van der Waals surface area contributed by atoms with Crippen molar-refractivity contribution in [2.75, 3.05) is 7.11 Å². The summed E-state index contributed by atoms with van der Waals surface area (Å²) < 4.78 is 5.14. The molecule has 4 heteroatoms. The maximum absolute atomic E-state index is 6.03. The van der Waals surface area contributed by atoms with Gasteiger partial charge in [0.25, 0.3) is 0 Å². The number of aryl methyl sites for hydroxylation is 2. The lowest BCUT2D eigenvalue weighted by molar-refractivity contribution is 0.415. The van der Waals surface area contributed by atoms with Crippen molar-refractivity contribution in [1.29, 1.82) is 0 Å². The topological polar surface area (TPSA) is 35.0 Å². The zero-order valence-corrected chi connectivity index (χ0v) is 9.59. The van der Waals surface area contributed by atoms with Crippen molar-refractivity contribution < 1.29 is 4.74 Å². The van der Waals surface area contributed by atoms with E-state index in [2.05, 4.69) is 9.97 Å². The Labute approximate surface area is 93.1 Å². The second-order valence-corrected chi connectivity index (χ2v) is 3.77. The van der Waals surface area contributed by atoms with Gasteiger partial charge in [-0.25, -0.2) is 9.97 Å². The molecule has 0 saturated heterocycles. The summed E-state index contributed by atoms with van der Waals surface area (Å²) in [5, 5.41) is 1.55. The average Bonchev–Trinajstić information content (AvgIpc) is 2.18. The second kappa shape index (κ2) is 3.66. The van der Waals surface area contributed by atoms with Gasteiger partial charge in [-0.1, -0.05) is 11.6 Å². The fourth-order valence-electron chi connectivity index (χ4n) is 1.58. The molecule has 0 spiro atoms. The third-order valence-electron chi connectivity index (χ3n) is 2.27. The molecule has 2 rings (SSSR count). The van der Waals surface area contributed by atoms with Crippen LogP contribution < -0.4 is 4.74 Å². The monoisotopic (exact) mass is 222 g/mol. The molecule has 0 unspecified atom stereocenters. The van der Waals surface area contributed by atoms with Crippen LogP contribution in [0.2, 0.25) is 5.02 Å². The van der Waals surface area contributed by atoms with E-state index < -0.39 is 0 Å². The SMILES string of the molecule is COc1cc2nc(C)nc(C)c2cc1Cl. The molecule has 0 atom stereocenters. The van der Waals surface area contributed by atoms with E-state index in [1.807, 2.05) is 26.0 Å². The zero-order valence-electron chi connectivity index (χ0n) is 8.84. The molecule has 2 aromatic rings. The summed E-state index contributed by atoms with van der Waals surface area (Å²) in [7, 11) is 1.59. The highest BCUT2D eigenvalue weighted by Gasteiger charge is 2.07. The van der Waals surface area contributed by atoms with Crippen LogP contribution in [-0.2, 0) is 0 Å². The molecule has 0 amide bonds. The molecule has 1 aromatic carbocycles. The summed E-state index contributed by atoms with van der Waals surface area (Å²) in [5.41, 5.74) is 1.79. The first-order chi connectivity index (χ1) is 7.11. The Balaban J connectivity index is 2.81. The summed E-state index contributed by atoms with van der Waals surface area (Å²) in [4.78, 5) is 8.62. The Bertz CT molecular complexity index is 525. The van der Waals surface area contributed by atoms with Gasteiger partial charge in [0.15, 0.2) is 0 Å². The molecule has 0 saturated carbocycles. The smallest absolute Gasteiger partial charge is 0.139 e. The van der Waals surface area contributed by atoms with Crippen LogP contribution in [0.4, 0.5) is 0 Å². The Hall–Kier alpha value is -1.35. The lowest BCUT2D eigenvalue weighted by Gasteiger charge is -2.07. The average molecular weight is 223 g/mol. The van der Waals surface area contributed by atoms with E-state index >= 15 is 0 Å². The maximum atomic E-state index is 6.03. The van der Waals surface area contributed by atoms with Gasteiger partial charge >= 0.3 is 0 Å². The van der Waals surface area contributed by atoms with Gasteiger partial charge in [0.2, 0.25) is 0 Å². The predicted octanol–water partition coefficient (Wildman–Crippen LogP) is 2.91. The number of nitrogens with zero attached hydrogens (tertiary/aromatic N) is 2. The van der Waals surface area contributed by atoms with Crippen molar-refractivity contribution in [1.82, 2.24) is 9.97 Å².